The molecular formula is C18H28N2O. The first-order chi connectivity index (χ1) is 10.1. The molecule has 1 unspecified atom stereocenters. The minimum atomic E-state index is 0.186. The van der Waals surface area contributed by atoms with Gasteiger partial charge in [0.25, 0.3) is 0 Å². The molecule has 2 rings (SSSR count). The minimum Gasteiger partial charge on any atom is -0.356 e. The van der Waals surface area contributed by atoms with Crippen LogP contribution >= 0.6 is 0 Å². The zero-order chi connectivity index (χ0) is 15.1. The van der Waals surface area contributed by atoms with Crippen LogP contribution in [-0.4, -0.2) is 25.5 Å². The SMILES string of the molecule is CCC(CC(=O)NCC1(C)CCNCC1)c1ccccc1. The van der Waals surface area contributed by atoms with E-state index in [1.165, 1.54) is 5.56 Å². The normalized spacial score (nSPS) is 19.0. The highest BCUT2D eigenvalue weighted by Crippen LogP contribution is 2.27. The maximum Gasteiger partial charge on any atom is 0.220 e. The molecule has 0 aliphatic carbocycles. The number of amides is 1. The fraction of sp³-hybridized carbons (Fsp3) is 0.611. The molecule has 1 atom stereocenters. The molecule has 1 heterocycles. The summed E-state index contributed by atoms with van der Waals surface area (Å²) in [4.78, 5) is 12.2. The van der Waals surface area contributed by atoms with Crippen LogP contribution in [0.25, 0.3) is 0 Å². The summed E-state index contributed by atoms with van der Waals surface area (Å²) in [6, 6.07) is 10.4. The highest BCUT2D eigenvalue weighted by Gasteiger charge is 2.27. The van der Waals surface area contributed by atoms with Crippen LogP contribution in [0.2, 0.25) is 0 Å². The number of benzene rings is 1. The van der Waals surface area contributed by atoms with Gasteiger partial charge in [-0.2, -0.15) is 0 Å². The molecular weight excluding hydrogens is 260 g/mol. The van der Waals surface area contributed by atoms with Gasteiger partial charge in [-0.05, 0) is 49.2 Å². The highest BCUT2D eigenvalue weighted by molar-refractivity contribution is 5.76. The van der Waals surface area contributed by atoms with Gasteiger partial charge in [0.15, 0.2) is 0 Å². The number of hydrogen-bond acceptors (Lipinski definition) is 2. The highest BCUT2D eigenvalue weighted by atomic mass is 16.1. The van der Waals surface area contributed by atoms with E-state index in [9.17, 15) is 4.79 Å². The van der Waals surface area contributed by atoms with Gasteiger partial charge in [-0.25, -0.2) is 0 Å². The summed E-state index contributed by atoms with van der Waals surface area (Å²) < 4.78 is 0. The largest absolute Gasteiger partial charge is 0.356 e. The van der Waals surface area contributed by atoms with E-state index >= 15 is 0 Å². The molecule has 1 aromatic carbocycles. The average molecular weight is 288 g/mol. The molecule has 1 saturated heterocycles. The van der Waals surface area contributed by atoms with Crippen molar-refractivity contribution < 1.29 is 4.79 Å². The zero-order valence-corrected chi connectivity index (χ0v) is 13.3. The lowest BCUT2D eigenvalue weighted by molar-refractivity contribution is -0.122. The van der Waals surface area contributed by atoms with Crippen molar-refractivity contribution in [1.82, 2.24) is 10.6 Å². The monoisotopic (exact) mass is 288 g/mol. The Labute approximate surface area is 128 Å². The van der Waals surface area contributed by atoms with E-state index in [-0.39, 0.29) is 11.3 Å². The van der Waals surface area contributed by atoms with Crippen molar-refractivity contribution in [3.8, 4) is 0 Å². The Balaban J connectivity index is 1.83. The van der Waals surface area contributed by atoms with E-state index in [0.29, 0.717) is 12.3 Å². The van der Waals surface area contributed by atoms with Gasteiger partial charge in [-0.3, -0.25) is 4.79 Å². The van der Waals surface area contributed by atoms with Crippen LogP contribution in [0.4, 0.5) is 0 Å². The lowest BCUT2D eigenvalue weighted by Gasteiger charge is -2.34. The summed E-state index contributed by atoms with van der Waals surface area (Å²) in [5, 5.41) is 6.54. The minimum absolute atomic E-state index is 0.186. The van der Waals surface area contributed by atoms with Crippen molar-refractivity contribution in [2.75, 3.05) is 19.6 Å². The summed E-state index contributed by atoms with van der Waals surface area (Å²) in [6.07, 6.45) is 3.87. The fourth-order valence-corrected chi connectivity index (χ4v) is 3.04. The molecule has 0 saturated carbocycles. The molecule has 0 radical (unpaired) electrons. The Morgan fingerprint density at radius 2 is 1.95 bits per heavy atom. The third-order valence-corrected chi connectivity index (χ3v) is 4.72. The quantitative estimate of drug-likeness (QED) is 0.844. The second kappa shape index (κ2) is 7.60. The first-order valence-corrected chi connectivity index (χ1v) is 8.15. The van der Waals surface area contributed by atoms with Gasteiger partial charge < -0.3 is 10.6 Å². The molecule has 1 aromatic rings. The smallest absolute Gasteiger partial charge is 0.220 e. The third kappa shape index (κ3) is 4.85. The lowest BCUT2D eigenvalue weighted by Crippen LogP contribution is -2.43. The summed E-state index contributed by atoms with van der Waals surface area (Å²) in [5.41, 5.74) is 1.53. The second-order valence-corrected chi connectivity index (χ2v) is 6.56. The molecule has 2 N–H and O–H groups in total. The Kier molecular flexibility index (Phi) is 5.80. The van der Waals surface area contributed by atoms with E-state index in [2.05, 4.69) is 36.6 Å². The van der Waals surface area contributed by atoms with Crippen LogP contribution < -0.4 is 10.6 Å². The number of nitrogens with one attached hydrogen (secondary N) is 2. The summed E-state index contributed by atoms with van der Waals surface area (Å²) in [6.45, 7) is 7.36. The van der Waals surface area contributed by atoms with E-state index in [1.807, 2.05) is 18.2 Å². The molecule has 0 bridgehead atoms. The van der Waals surface area contributed by atoms with Crippen LogP contribution in [-0.2, 0) is 4.79 Å². The first-order valence-electron chi connectivity index (χ1n) is 8.15. The fourth-order valence-electron chi connectivity index (χ4n) is 3.04. The molecule has 3 nitrogen and oxygen atoms in total. The van der Waals surface area contributed by atoms with Crippen LogP contribution in [0.1, 0.15) is 51.0 Å². The Morgan fingerprint density at radius 3 is 2.57 bits per heavy atom. The van der Waals surface area contributed by atoms with Crippen molar-refractivity contribution in [2.24, 2.45) is 5.41 Å². The second-order valence-electron chi connectivity index (χ2n) is 6.56. The molecule has 21 heavy (non-hydrogen) atoms. The van der Waals surface area contributed by atoms with E-state index < -0.39 is 0 Å². The van der Waals surface area contributed by atoms with Gasteiger partial charge in [0.05, 0.1) is 0 Å². The van der Waals surface area contributed by atoms with Gasteiger partial charge in [-0.15, -0.1) is 0 Å². The van der Waals surface area contributed by atoms with Crippen LogP contribution in [0.3, 0.4) is 0 Å². The van der Waals surface area contributed by atoms with Crippen molar-refractivity contribution in [1.29, 1.82) is 0 Å². The van der Waals surface area contributed by atoms with Crippen LogP contribution in [0.15, 0.2) is 30.3 Å². The molecule has 116 valence electrons. The van der Waals surface area contributed by atoms with Gasteiger partial charge in [-0.1, -0.05) is 44.2 Å². The molecule has 1 aliphatic heterocycles. The zero-order valence-electron chi connectivity index (χ0n) is 13.3. The number of hydrogen-bond donors (Lipinski definition) is 2. The standard InChI is InChI=1S/C18H28N2O/c1-3-15(16-7-5-4-6-8-16)13-17(21)20-14-18(2)9-11-19-12-10-18/h4-8,15,19H,3,9-14H2,1-2H3,(H,20,21). The summed E-state index contributed by atoms with van der Waals surface area (Å²) in [7, 11) is 0. The third-order valence-electron chi connectivity index (χ3n) is 4.72. The molecule has 3 heteroatoms. The van der Waals surface area contributed by atoms with Crippen molar-refractivity contribution in [2.45, 2.75) is 45.4 Å². The van der Waals surface area contributed by atoms with Gasteiger partial charge in [0.2, 0.25) is 5.91 Å². The topological polar surface area (TPSA) is 41.1 Å². The average Bonchev–Trinajstić information content (AvgIpc) is 2.52. The van der Waals surface area contributed by atoms with Crippen molar-refractivity contribution >= 4 is 5.91 Å². The maximum absolute atomic E-state index is 12.2. The molecule has 1 fully saturated rings. The summed E-state index contributed by atoms with van der Waals surface area (Å²) >= 11 is 0. The lowest BCUT2D eigenvalue weighted by atomic mass is 9.81. The summed E-state index contributed by atoms with van der Waals surface area (Å²) in [5.74, 6) is 0.512. The van der Waals surface area contributed by atoms with Gasteiger partial charge in [0.1, 0.15) is 0 Å². The number of piperidine rings is 1. The Bertz CT molecular complexity index is 438. The van der Waals surface area contributed by atoms with Gasteiger partial charge >= 0.3 is 0 Å². The van der Waals surface area contributed by atoms with E-state index in [0.717, 1.165) is 38.9 Å². The predicted molar refractivity (Wildman–Crippen MR) is 87.3 cm³/mol. The van der Waals surface area contributed by atoms with E-state index in [4.69, 9.17) is 0 Å². The van der Waals surface area contributed by atoms with Gasteiger partial charge in [0, 0.05) is 13.0 Å². The molecule has 0 aromatic heterocycles. The van der Waals surface area contributed by atoms with Crippen LogP contribution in [0.5, 0.6) is 0 Å². The van der Waals surface area contributed by atoms with E-state index in [1.54, 1.807) is 0 Å². The van der Waals surface area contributed by atoms with Crippen LogP contribution in [0, 0.1) is 5.41 Å². The number of carbonyl (C=O) groups is 1. The Morgan fingerprint density at radius 1 is 1.29 bits per heavy atom. The molecule has 1 aliphatic rings. The number of carbonyl (C=O) groups excluding carboxylic acids is 1. The predicted octanol–water partition coefficient (Wildman–Crippen LogP) is 3.08. The van der Waals surface area contributed by atoms with Crippen molar-refractivity contribution in [3.05, 3.63) is 35.9 Å². The molecule has 1 amide bonds. The van der Waals surface area contributed by atoms with Crippen molar-refractivity contribution in [3.63, 3.8) is 0 Å². The maximum atomic E-state index is 12.2. The molecule has 0 spiro atoms. The number of rotatable bonds is 6. The Hall–Kier alpha value is -1.35. The first kappa shape index (κ1) is 16.0.